The smallest absolute Gasteiger partial charge is 0.267 e. The molecule has 1 N–H and O–H groups in total. The molecule has 0 saturated carbocycles. The number of amides is 2. The Bertz CT molecular complexity index is 315. The van der Waals surface area contributed by atoms with Crippen molar-refractivity contribution in [1.82, 2.24) is 10.3 Å². The number of carbonyl (C=O) groups is 2. The van der Waals surface area contributed by atoms with Gasteiger partial charge >= 0.3 is 0 Å². The minimum atomic E-state index is -0.194. The molecule has 1 aliphatic rings. The van der Waals surface area contributed by atoms with E-state index in [0.29, 0.717) is 38.3 Å². The van der Waals surface area contributed by atoms with Crippen molar-refractivity contribution in [2.45, 2.75) is 26.2 Å². The second-order valence-corrected chi connectivity index (χ2v) is 3.77. The molecule has 0 radical (unpaired) electrons. The first-order valence-corrected chi connectivity index (χ1v) is 5.85. The Hall–Kier alpha value is -1.43. The number of hydrogen-bond donors (Lipinski definition) is 1. The van der Waals surface area contributed by atoms with E-state index in [4.69, 9.17) is 4.74 Å². The predicted molar refractivity (Wildman–Crippen MR) is 63.6 cm³/mol. The van der Waals surface area contributed by atoms with Gasteiger partial charge in [-0.25, -0.2) is 5.01 Å². The fourth-order valence-electron chi connectivity index (χ4n) is 1.46. The first-order chi connectivity index (χ1) is 8.15. The summed E-state index contributed by atoms with van der Waals surface area (Å²) >= 11 is 0. The van der Waals surface area contributed by atoms with E-state index in [1.54, 1.807) is 7.05 Å². The zero-order chi connectivity index (χ0) is 12.7. The monoisotopic (exact) mass is 241 g/mol. The minimum Gasteiger partial charge on any atom is -0.382 e. The average Bonchev–Trinajstić information content (AvgIpc) is 2.32. The van der Waals surface area contributed by atoms with Crippen LogP contribution in [-0.4, -0.2) is 49.3 Å². The lowest BCUT2D eigenvalue weighted by Gasteiger charge is -2.18. The molecule has 0 aromatic heterocycles. The van der Waals surface area contributed by atoms with Crippen LogP contribution < -0.4 is 5.32 Å². The molecular weight excluding hydrogens is 222 g/mol. The van der Waals surface area contributed by atoms with E-state index in [1.165, 1.54) is 5.01 Å². The molecule has 0 aromatic rings. The van der Waals surface area contributed by atoms with Crippen LogP contribution in [0.1, 0.15) is 26.2 Å². The SMILES string of the molecule is CCOCCCNC(=O)C1=NN(C)C(=O)CC1. The van der Waals surface area contributed by atoms with Crippen LogP contribution in [0, 0.1) is 0 Å². The predicted octanol–water partition coefficient (Wildman–Crippen LogP) is 0.137. The lowest BCUT2D eigenvalue weighted by atomic mass is 10.1. The maximum absolute atomic E-state index is 11.7. The van der Waals surface area contributed by atoms with Crippen molar-refractivity contribution >= 4 is 17.5 Å². The summed E-state index contributed by atoms with van der Waals surface area (Å²) in [6, 6.07) is 0. The molecule has 2 amide bonds. The number of hydrogen-bond acceptors (Lipinski definition) is 4. The number of hydrazone groups is 1. The van der Waals surface area contributed by atoms with Gasteiger partial charge in [-0.2, -0.15) is 5.10 Å². The number of nitrogens with zero attached hydrogens (tertiary/aromatic N) is 2. The van der Waals surface area contributed by atoms with Gasteiger partial charge in [-0.3, -0.25) is 9.59 Å². The largest absolute Gasteiger partial charge is 0.382 e. The standard InChI is InChI=1S/C11H19N3O3/c1-3-17-8-4-7-12-11(16)9-5-6-10(15)14(2)13-9/h3-8H2,1-2H3,(H,12,16). The fraction of sp³-hybridized carbons (Fsp3) is 0.727. The topological polar surface area (TPSA) is 71.0 Å². The highest BCUT2D eigenvalue weighted by Gasteiger charge is 2.21. The van der Waals surface area contributed by atoms with Crippen molar-refractivity contribution in [2.75, 3.05) is 26.8 Å². The molecule has 0 bridgehead atoms. The third-order valence-electron chi connectivity index (χ3n) is 2.42. The molecular formula is C11H19N3O3. The second kappa shape index (κ2) is 7.01. The molecule has 17 heavy (non-hydrogen) atoms. The van der Waals surface area contributed by atoms with E-state index in [0.717, 1.165) is 6.42 Å². The third-order valence-corrected chi connectivity index (χ3v) is 2.42. The Morgan fingerprint density at radius 1 is 1.53 bits per heavy atom. The summed E-state index contributed by atoms with van der Waals surface area (Å²) < 4.78 is 5.16. The van der Waals surface area contributed by atoms with Gasteiger partial charge < -0.3 is 10.1 Å². The van der Waals surface area contributed by atoms with Crippen LogP contribution in [0.2, 0.25) is 0 Å². The van der Waals surface area contributed by atoms with Gasteiger partial charge in [-0.1, -0.05) is 0 Å². The lowest BCUT2D eigenvalue weighted by molar-refractivity contribution is -0.130. The van der Waals surface area contributed by atoms with Crippen molar-refractivity contribution < 1.29 is 14.3 Å². The van der Waals surface area contributed by atoms with Gasteiger partial charge in [0.25, 0.3) is 5.91 Å². The first kappa shape index (κ1) is 13.6. The summed E-state index contributed by atoms with van der Waals surface area (Å²) in [6.07, 6.45) is 1.55. The Morgan fingerprint density at radius 3 is 2.94 bits per heavy atom. The van der Waals surface area contributed by atoms with Gasteiger partial charge in [0.05, 0.1) is 0 Å². The summed E-state index contributed by atoms with van der Waals surface area (Å²) in [5, 5.41) is 7.92. The molecule has 6 heteroatoms. The lowest BCUT2D eigenvalue weighted by Crippen LogP contribution is -2.38. The normalized spacial score (nSPS) is 15.8. The molecule has 0 saturated heterocycles. The molecule has 1 aliphatic heterocycles. The van der Waals surface area contributed by atoms with E-state index in [2.05, 4.69) is 10.4 Å². The van der Waals surface area contributed by atoms with E-state index in [-0.39, 0.29) is 11.8 Å². The molecule has 0 unspecified atom stereocenters. The summed E-state index contributed by atoms with van der Waals surface area (Å²) in [7, 11) is 1.56. The maximum atomic E-state index is 11.7. The average molecular weight is 241 g/mol. The van der Waals surface area contributed by atoms with Crippen LogP contribution in [0.3, 0.4) is 0 Å². The van der Waals surface area contributed by atoms with Crippen LogP contribution >= 0.6 is 0 Å². The van der Waals surface area contributed by atoms with Crippen LogP contribution in [0.4, 0.5) is 0 Å². The highest BCUT2D eigenvalue weighted by Crippen LogP contribution is 2.06. The Balaban J connectivity index is 2.28. The Labute approximate surface area is 101 Å². The minimum absolute atomic E-state index is 0.0575. The van der Waals surface area contributed by atoms with Gasteiger partial charge in [0, 0.05) is 39.6 Å². The van der Waals surface area contributed by atoms with E-state index in [1.807, 2.05) is 6.92 Å². The number of carbonyl (C=O) groups excluding carboxylic acids is 2. The maximum Gasteiger partial charge on any atom is 0.267 e. The zero-order valence-corrected chi connectivity index (χ0v) is 10.4. The van der Waals surface area contributed by atoms with Crippen LogP contribution in [-0.2, 0) is 14.3 Å². The molecule has 96 valence electrons. The van der Waals surface area contributed by atoms with E-state index < -0.39 is 0 Å². The quantitative estimate of drug-likeness (QED) is 0.672. The molecule has 6 nitrogen and oxygen atoms in total. The zero-order valence-electron chi connectivity index (χ0n) is 10.4. The van der Waals surface area contributed by atoms with Gasteiger partial charge in [-0.15, -0.1) is 0 Å². The van der Waals surface area contributed by atoms with E-state index >= 15 is 0 Å². The summed E-state index contributed by atoms with van der Waals surface area (Å²) in [4.78, 5) is 22.8. The summed E-state index contributed by atoms with van der Waals surface area (Å²) in [5.74, 6) is -0.251. The molecule has 0 aliphatic carbocycles. The Morgan fingerprint density at radius 2 is 2.29 bits per heavy atom. The van der Waals surface area contributed by atoms with Crippen LogP contribution in [0.5, 0.6) is 0 Å². The highest BCUT2D eigenvalue weighted by molar-refractivity contribution is 6.39. The number of nitrogens with one attached hydrogen (secondary N) is 1. The van der Waals surface area contributed by atoms with Crippen molar-refractivity contribution in [3.8, 4) is 0 Å². The van der Waals surface area contributed by atoms with Crippen molar-refractivity contribution in [3.63, 3.8) is 0 Å². The molecule has 0 spiro atoms. The molecule has 0 aromatic carbocycles. The van der Waals surface area contributed by atoms with Crippen LogP contribution in [0.25, 0.3) is 0 Å². The molecule has 1 heterocycles. The van der Waals surface area contributed by atoms with Gasteiger partial charge in [0.15, 0.2) is 0 Å². The van der Waals surface area contributed by atoms with Crippen molar-refractivity contribution in [2.24, 2.45) is 5.10 Å². The van der Waals surface area contributed by atoms with Crippen molar-refractivity contribution in [3.05, 3.63) is 0 Å². The Kier molecular flexibility index (Phi) is 5.62. The first-order valence-electron chi connectivity index (χ1n) is 5.85. The van der Waals surface area contributed by atoms with Gasteiger partial charge in [-0.05, 0) is 13.3 Å². The third kappa shape index (κ3) is 4.52. The molecule has 1 rings (SSSR count). The van der Waals surface area contributed by atoms with Gasteiger partial charge in [0.1, 0.15) is 5.71 Å². The number of rotatable bonds is 6. The number of ether oxygens (including phenoxy) is 1. The van der Waals surface area contributed by atoms with Crippen molar-refractivity contribution in [1.29, 1.82) is 0 Å². The van der Waals surface area contributed by atoms with Gasteiger partial charge in [0.2, 0.25) is 5.91 Å². The highest BCUT2D eigenvalue weighted by atomic mass is 16.5. The molecule has 0 atom stereocenters. The fourth-order valence-corrected chi connectivity index (χ4v) is 1.46. The molecule has 0 fully saturated rings. The van der Waals surface area contributed by atoms with Crippen LogP contribution in [0.15, 0.2) is 5.10 Å². The van der Waals surface area contributed by atoms with E-state index in [9.17, 15) is 9.59 Å². The summed E-state index contributed by atoms with van der Waals surface area (Å²) in [6.45, 7) is 3.83. The summed E-state index contributed by atoms with van der Waals surface area (Å²) in [5.41, 5.74) is 0.420. The second-order valence-electron chi connectivity index (χ2n) is 3.77.